The van der Waals surface area contributed by atoms with E-state index in [-0.39, 0.29) is 5.82 Å². The molecule has 0 aliphatic rings. The average Bonchev–Trinajstić information content (AvgIpc) is 2.04. The minimum absolute atomic E-state index is 0.174. The van der Waals surface area contributed by atoms with E-state index in [1.165, 1.54) is 12.1 Å². The molecule has 0 bridgehead atoms. The molecule has 1 aromatic carbocycles. The van der Waals surface area contributed by atoms with Crippen LogP contribution in [0.2, 0.25) is 0 Å². The second-order valence-electron chi connectivity index (χ2n) is 2.19. The summed E-state index contributed by atoms with van der Waals surface area (Å²) in [5, 5.41) is 0. The molecule has 58 valence electrons. The highest BCUT2D eigenvalue weighted by Gasteiger charge is 1.89. The zero-order chi connectivity index (χ0) is 8.10. The first-order valence-electron chi connectivity index (χ1n) is 3.32. The standard InChI is InChI=1S/C9H8FI/c10-9-5-3-8(4-6-9)2-1-7-11/h1,3-7H,2H2/b7-1+. The number of hydrogen-bond acceptors (Lipinski definition) is 0. The summed E-state index contributed by atoms with van der Waals surface area (Å²) in [6.45, 7) is 0. The summed E-state index contributed by atoms with van der Waals surface area (Å²) in [6.07, 6.45) is 2.91. The SMILES string of the molecule is Fc1ccc(C/C=C/I)cc1. The van der Waals surface area contributed by atoms with E-state index in [0.717, 1.165) is 12.0 Å². The Labute approximate surface area is 79.3 Å². The normalized spacial score (nSPS) is 10.7. The van der Waals surface area contributed by atoms with E-state index in [1.54, 1.807) is 12.1 Å². The maximum atomic E-state index is 12.4. The third-order valence-electron chi connectivity index (χ3n) is 1.36. The van der Waals surface area contributed by atoms with Gasteiger partial charge in [0, 0.05) is 0 Å². The molecule has 0 radical (unpaired) electrons. The Hall–Kier alpha value is -0.380. The van der Waals surface area contributed by atoms with Gasteiger partial charge in [-0.2, -0.15) is 0 Å². The van der Waals surface area contributed by atoms with E-state index in [1.807, 2.05) is 10.2 Å². The third-order valence-corrected chi connectivity index (χ3v) is 1.86. The fourth-order valence-corrected chi connectivity index (χ4v) is 1.06. The van der Waals surface area contributed by atoms with E-state index in [2.05, 4.69) is 22.6 Å². The summed E-state index contributed by atoms with van der Waals surface area (Å²) in [4.78, 5) is 0. The fraction of sp³-hybridized carbons (Fsp3) is 0.111. The van der Waals surface area contributed by atoms with Crippen molar-refractivity contribution in [1.29, 1.82) is 0 Å². The lowest BCUT2D eigenvalue weighted by Crippen LogP contribution is -1.80. The Morgan fingerprint density at radius 2 is 1.91 bits per heavy atom. The van der Waals surface area contributed by atoms with Gasteiger partial charge in [-0.05, 0) is 28.2 Å². The Bertz CT molecular complexity index is 238. The van der Waals surface area contributed by atoms with Crippen LogP contribution in [0.4, 0.5) is 4.39 Å². The second-order valence-corrected chi connectivity index (χ2v) is 2.91. The molecule has 0 N–H and O–H groups in total. The molecule has 0 saturated heterocycles. The molecule has 0 amide bonds. The largest absolute Gasteiger partial charge is 0.207 e. The summed E-state index contributed by atoms with van der Waals surface area (Å²) in [5.74, 6) is -0.174. The lowest BCUT2D eigenvalue weighted by molar-refractivity contribution is 0.627. The average molecular weight is 262 g/mol. The molecule has 0 aliphatic carbocycles. The maximum Gasteiger partial charge on any atom is 0.123 e. The molecule has 0 fully saturated rings. The van der Waals surface area contributed by atoms with Crippen LogP contribution in [0.25, 0.3) is 0 Å². The van der Waals surface area contributed by atoms with Crippen molar-refractivity contribution in [2.75, 3.05) is 0 Å². The Morgan fingerprint density at radius 3 is 2.45 bits per heavy atom. The van der Waals surface area contributed by atoms with Crippen LogP contribution in [-0.4, -0.2) is 0 Å². The molecule has 11 heavy (non-hydrogen) atoms. The van der Waals surface area contributed by atoms with E-state index in [0.29, 0.717) is 0 Å². The van der Waals surface area contributed by atoms with Gasteiger partial charge in [-0.15, -0.1) is 0 Å². The molecule has 1 rings (SSSR count). The zero-order valence-corrected chi connectivity index (χ0v) is 8.08. The van der Waals surface area contributed by atoms with Crippen LogP contribution in [-0.2, 0) is 6.42 Å². The molecular formula is C9H8FI. The van der Waals surface area contributed by atoms with Gasteiger partial charge in [0.2, 0.25) is 0 Å². The lowest BCUT2D eigenvalue weighted by Gasteiger charge is -1.93. The van der Waals surface area contributed by atoms with Crippen LogP contribution < -0.4 is 0 Å². The number of halogens is 2. The van der Waals surface area contributed by atoms with E-state index in [9.17, 15) is 4.39 Å². The summed E-state index contributed by atoms with van der Waals surface area (Å²) < 4.78 is 14.3. The lowest BCUT2D eigenvalue weighted by atomic mass is 10.1. The van der Waals surface area contributed by atoms with Crippen LogP contribution in [0.1, 0.15) is 5.56 Å². The van der Waals surface area contributed by atoms with Crippen LogP contribution >= 0.6 is 22.6 Å². The predicted molar refractivity (Wildman–Crippen MR) is 53.3 cm³/mol. The molecule has 0 spiro atoms. The number of benzene rings is 1. The van der Waals surface area contributed by atoms with Gasteiger partial charge in [0.1, 0.15) is 5.82 Å². The Kier molecular flexibility index (Phi) is 3.56. The topological polar surface area (TPSA) is 0 Å². The van der Waals surface area contributed by atoms with Gasteiger partial charge < -0.3 is 0 Å². The molecular weight excluding hydrogens is 254 g/mol. The van der Waals surface area contributed by atoms with Gasteiger partial charge in [-0.25, -0.2) is 4.39 Å². The second kappa shape index (κ2) is 4.49. The van der Waals surface area contributed by atoms with Crippen molar-refractivity contribution in [3.05, 3.63) is 45.8 Å². The minimum Gasteiger partial charge on any atom is -0.207 e. The van der Waals surface area contributed by atoms with E-state index in [4.69, 9.17) is 0 Å². The van der Waals surface area contributed by atoms with Gasteiger partial charge in [-0.3, -0.25) is 0 Å². The molecule has 0 heterocycles. The molecule has 0 aliphatic heterocycles. The highest BCUT2D eigenvalue weighted by Crippen LogP contribution is 2.04. The highest BCUT2D eigenvalue weighted by molar-refractivity contribution is 14.1. The first-order valence-corrected chi connectivity index (χ1v) is 4.57. The zero-order valence-electron chi connectivity index (χ0n) is 5.93. The maximum absolute atomic E-state index is 12.4. The molecule has 0 nitrogen and oxygen atoms in total. The predicted octanol–water partition coefficient (Wildman–Crippen LogP) is 3.32. The van der Waals surface area contributed by atoms with Gasteiger partial charge in [0.05, 0.1) is 0 Å². The fourth-order valence-electron chi connectivity index (χ4n) is 0.801. The number of allylic oxidation sites excluding steroid dienone is 1. The molecule has 0 saturated carbocycles. The monoisotopic (exact) mass is 262 g/mol. The third kappa shape index (κ3) is 3.01. The number of rotatable bonds is 2. The minimum atomic E-state index is -0.174. The van der Waals surface area contributed by atoms with Crippen LogP contribution in [0.5, 0.6) is 0 Å². The summed E-state index contributed by atoms with van der Waals surface area (Å²) in [5.41, 5.74) is 1.14. The van der Waals surface area contributed by atoms with E-state index < -0.39 is 0 Å². The van der Waals surface area contributed by atoms with Gasteiger partial charge in [0.25, 0.3) is 0 Å². The van der Waals surface area contributed by atoms with Gasteiger partial charge >= 0.3 is 0 Å². The number of hydrogen-bond donors (Lipinski definition) is 0. The smallest absolute Gasteiger partial charge is 0.123 e. The van der Waals surface area contributed by atoms with Crippen molar-refractivity contribution < 1.29 is 4.39 Å². The van der Waals surface area contributed by atoms with Crippen molar-refractivity contribution in [3.63, 3.8) is 0 Å². The van der Waals surface area contributed by atoms with Crippen molar-refractivity contribution >= 4 is 22.6 Å². The quantitative estimate of drug-likeness (QED) is 0.717. The van der Waals surface area contributed by atoms with Crippen LogP contribution in [0, 0.1) is 5.82 Å². The Balaban J connectivity index is 2.66. The Morgan fingerprint density at radius 1 is 1.27 bits per heavy atom. The van der Waals surface area contributed by atoms with Crippen molar-refractivity contribution in [3.8, 4) is 0 Å². The first-order chi connectivity index (χ1) is 5.33. The molecule has 2 heteroatoms. The van der Waals surface area contributed by atoms with Crippen molar-refractivity contribution in [2.24, 2.45) is 0 Å². The first kappa shape index (κ1) is 8.71. The summed E-state index contributed by atoms with van der Waals surface area (Å²) in [6, 6.07) is 6.56. The molecule has 0 unspecified atom stereocenters. The molecule has 1 aromatic rings. The summed E-state index contributed by atoms with van der Waals surface area (Å²) >= 11 is 2.17. The van der Waals surface area contributed by atoms with Crippen LogP contribution in [0.3, 0.4) is 0 Å². The summed E-state index contributed by atoms with van der Waals surface area (Å²) in [7, 11) is 0. The van der Waals surface area contributed by atoms with Crippen molar-refractivity contribution in [2.45, 2.75) is 6.42 Å². The van der Waals surface area contributed by atoms with Gasteiger partial charge in [-0.1, -0.05) is 40.8 Å². The van der Waals surface area contributed by atoms with Crippen LogP contribution in [0.15, 0.2) is 34.4 Å². The van der Waals surface area contributed by atoms with E-state index >= 15 is 0 Å². The molecule has 0 atom stereocenters. The molecule has 0 aromatic heterocycles. The van der Waals surface area contributed by atoms with Crippen molar-refractivity contribution in [1.82, 2.24) is 0 Å². The van der Waals surface area contributed by atoms with Gasteiger partial charge in [0.15, 0.2) is 0 Å². The highest BCUT2D eigenvalue weighted by atomic mass is 127.